The number of likely N-dealkylation sites (N-methyl/N-ethyl adjacent to an activating group) is 1. The maximum atomic E-state index is 13.7. The molecule has 0 aliphatic rings. The molecule has 0 radical (unpaired) electrons. The van der Waals surface area contributed by atoms with Gasteiger partial charge in [-0.05, 0) is 62.6 Å². The van der Waals surface area contributed by atoms with E-state index in [9.17, 15) is 9.18 Å². The minimum absolute atomic E-state index is 0.325. The third-order valence-electron chi connectivity index (χ3n) is 4.99. The molecule has 1 amide bonds. The van der Waals surface area contributed by atoms with Crippen molar-refractivity contribution in [2.45, 2.75) is 0 Å². The number of nitrogens with zero attached hydrogens (tertiary/aromatic N) is 4. The maximum Gasteiger partial charge on any atom is 0.247 e. The van der Waals surface area contributed by atoms with Crippen molar-refractivity contribution in [2.75, 3.05) is 37.9 Å². The SMILES string of the molecule is C=CC(=O)Nc1cc(Nc2ncc3ccn(-c4cccc(F)c4)c3n2)ccc1OCCN(C)C. The van der Waals surface area contributed by atoms with E-state index in [1.807, 2.05) is 37.3 Å². The summed E-state index contributed by atoms with van der Waals surface area (Å²) in [5.74, 6) is 0.221. The molecular weight excluding hydrogens is 435 g/mol. The lowest BCUT2D eigenvalue weighted by molar-refractivity contribution is -0.111. The molecule has 8 nitrogen and oxygen atoms in total. The summed E-state index contributed by atoms with van der Waals surface area (Å²) in [6.07, 6.45) is 4.71. The Balaban J connectivity index is 1.61. The number of rotatable bonds is 9. The second kappa shape index (κ2) is 10.1. The molecule has 0 unspecified atom stereocenters. The zero-order valence-electron chi connectivity index (χ0n) is 19.0. The monoisotopic (exact) mass is 460 g/mol. The number of benzene rings is 2. The Labute approximate surface area is 196 Å². The quantitative estimate of drug-likeness (QED) is 0.361. The Morgan fingerprint density at radius 1 is 1.24 bits per heavy atom. The van der Waals surface area contributed by atoms with Crippen molar-refractivity contribution in [3.63, 3.8) is 0 Å². The van der Waals surface area contributed by atoms with E-state index in [0.717, 1.165) is 11.9 Å². The van der Waals surface area contributed by atoms with E-state index in [4.69, 9.17) is 4.74 Å². The van der Waals surface area contributed by atoms with Gasteiger partial charge in [-0.15, -0.1) is 0 Å². The predicted molar refractivity (Wildman–Crippen MR) is 131 cm³/mol. The number of anilines is 3. The van der Waals surface area contributed by atoms with E-state index in [0.29, 0.717) is 41.0 Å². The molecule has 0 spiro atoms. The minimum atomic E-state index is -0.347. The second-order valence-corrected chi connectivity index (χ2v) is 7.82. The highest BCUT2D eigenvalue weighted by atomic mass is 19.1. The molecule has 0 saturated heterocycles. The molecule has 0 aliphatic heterocycles. The number of aromatic nitrogens is 3. The van der Waals surface area contributed by atoms with Gasteiger partial charge in [-0.25, -0.2) is 9.37 Å². The van der Waals surface area contributed by atoms with Gasteiger partial charge in [0.1, 0.15) is 23.8 Å². The highest BCUT2D eigenvalue weighted by Gasteiger charge is 2.11. The number of carbonyl (C=O) groups is 1. The first-order valence-electron chi connectivity index (χ1n) is 10.6. The average molecular weight is 461 g/mol. The Morgan fingerprint density at radius 2 is 2.09 bits per heavy atom. The molecule has 0 bridgehead atoms. The molecule has 2 N–H and O–H groups in total. The van der Waals surface area contributed by atoms with Gasteiger partial charge in [0.25, 0.3) is 0 Å². The second-order valence-electron chi connectivity index (χ2n) is 7.82. The highest BCUT2D eigenvalue weighted by molar-refractivity contribution is 6.00. The molecule has 0 fully saturated rings. The van der Waals surface area contributed by atoms with Crippen molar-refractivity contribution in [2.24, 2.45) is 0 Å². The molecule has 4 aromatic rings. The summed E-state index contributed by atoms with van der Waals surface area (Å²) >= 11 is 0. The number of amides is 1. The van der Waals surface area contributed by atoms with Crippen LogP contribution in [0.5, 0.6) is 5.75 Å². The van der Waals surface area contributed by atoms with E-state index in [1.165, 1.54) is 18.2 Å². The van der Waals surface area contributed by atoms with E-state index in [-0.39, 0.29) is 11.7 Å². The third-order valence-corrected chi connectivity index (χ3v) is 4.99. The van der Waals surface area contributed by atoms with Gasteiger partial charge >= 0.3 is 0 Å². The number of carbonyl (C=O) groups excluding carboxylic acids is 1. The Morgan fingerprint density at radius 3 is 2.85 bits per heavy atom. The molecular formula is C25H25FN6O2. The largest absolute Gasteiger partial charge is 0.490 e. The van der Waals surface area contributed by atoms with Gasteiger partial charge < -0.3 is 24.8 Å². The molecule has 4 rings (SSSR count). The highest BCUT2D eigenvalue weighted by Crippen LogP contribution is 2.30. The summed E-state index contributed by atoms with van der Waals surface area (Å²) in [4.78, 5) is 22.9. The molecule has 0 aliphatic carbocycles. The topological polar surface area (TPSA) is 84.3 Å². The summed E-state index contributed by atoms with van der Waals surface area (Å²) in [5.41, 5.74) is 2.45. The summed E-state index contributed by atoms with van der Waals surface area (Å²) in [7, 11) is 3.91. The van der Waals surface area contributed by atoms with Gasteiger partial charge in [-0.3, -0.25) is 4.79 Å². The van der Waals surface area contributed by atoms with Crippen molar-refractivity contribution in [3.8, 4) is 11.4 Å². The molecule has 34 heavy (non-hydrogen) atoms. The van der Waals surface area contributed by atoms with Crippen LogP contribution in [-0.4, -0.2) is 52.6 Å². The molecule has 0 saturated carbocycles. The molecule has 2 aromatic heterocycles. The number of hydrogen-bond donors (Lipinski definition) is 2. The van der Waals surface area contributed by atoms with E-state index >= 15 is 0 Å². The Bertz CT molecular complexity index is 1330. The van der Waals surface area contributed by atoms with Crippen LogP contribution in [0.25, 0.3) is 16.7 Å². The zero-order valence-corrected chi connectivity index (χ0v) is 19.0. The van der Waals surface area contributed by atoms with Gasteiger partial charge in [0.2, 0.25) is 11.9 Å². The fourth-order valence-electron chi connectivity index (χ4n) is 3.29. The average Bonchev–Trinajstić information content (AvgIpc) is 3.23. The third kappa shape index (κ3) is 5.38. The van der Waals surface area contributed by atoms with Crippen molar-refractivity contribution in [1.82, 2.24) is 19.4 Å². The lowest BCUT2D eigenvalue weighted by Gasteiger charge is -2.16. The Kier molecular flexibility index (Phi) is 6.84. The molecule has 2 heterocycles. The van der Waals surface area contributed by atoms with Crippen LogP contribution in [0.4, 0.5) is 21.7 Å². The predicted octanol–water partition coefficient (Wildman–Crippen LogP) is 4.37. The van der Waals surface area contributed by atoms with Crippen LogP contribution >= 0.6 is 0 Å². The summed E-state index contributed by atoms with van der Waals surface area (Å²) in [6.45, 7) is 4.70. The summed E-state index contributed by atoms with van der Waals surface area (Å²) in [6, 6.07) is 13.5. The standard InChI is InChI=1S/C25H25FN6O2/c1-4-23(33)29-21-15-19(8-9-22(21)34-13-12-31(2)3)28-25-27-16-17-10-11-32(24(17)30-25)20-7-5-6-18(26)14-20/h4-11,14-16H,1,12-13H2,2-3H3,(H,29,33)(H,27,28,30). The minimum Gasteiger partial charge on any atom is -0.490 e. The normalized spacial score (nSPS) is 10.9. The number of hydrogen-bond acceptors (Lipinski definition) is 6. The number of nitrogens with one attached hydrogen (secondary N) is 2. The van der Waals surface area contributed by atoms with Gasteiger partial charge in [-0.2, -0.15) is 4.98 Å². The summed E-state index contributed by atoms with van der Waals surface area (Å²) in [5, 5.41) is 6.75. The first-order valence-corrected chi connectivity index (χ1v) is 10.6. The zero-order chi connectivity index (χ0) is 24.1. The van der Waals surface area contributed by atoms with Crippen LogP contribution in [0.3, 0.4) is 0 Å². The van der Waals surface area contributed by atoms with Crippen LogP contribution in [0.2, 0.25) is 0 Å². The van der Waals surface area contributed by atoms with Crippen molar-refractivity contribution in [1.29, 1.82) is 0 Å². The molecule has 174 valence electrons. The maximum absolute atomic E-state index is 13.7. The van der Waals surface area contributed by atoms with E-state index in [1.54, 1.807) is 35.0 Å². The van der Waals surface area contributed by atoms with Crippen molar-refractivity contribution >= 4 is 34.3 Å². The smallest absolute Gasteiger partial charge is 0.247 e. The lowest BCUT2D eigenvalue weighted by atomic mass is 10.2. The van der Waals surface area contributed by atoms with Crippen LogP contribution in [0.1, 0.15) is 0 Å². The van der Waals surface area contributed by atoms with Crippen LogP contribution in [0.15, 0.2) is 73.6 Å². The number of halogens is 1. The number of ether oxygens (including phenoxy) is 1. The van der Waals surface area contributed by atoms with Crippen LogP contribution in [0, 0.1) is 5.82 Å². The van der Waals surface area contributed by atoms with E-state index < -0.39 is 0 Å². The first kappa shape index (κ1) is 22.9. The summed E-state index contributed by atoms with van der Waals surface area (Å²) < 4.78 is 21.4. The van der Waals surface area contributed by atoms with Crippen molar-refractivity contribution in [3.05, 3.63) is 79.4 Å². The molecule has 9 heteroatoms. The Hall–Kier alpha value is -4.24. The first-order chi connectivity index (χ1) is 16.4. The van der Waals surface area contributed by atoms with Crippen molar-refractivity contribution < 1.29 is 13.9 Å². The lowest BCUT2D eigenvalue weighted by Crippen LogP contribution is -2.20. The van der Waals surface area contributed by atoms with Crippen LogP contribution < -0.4 is 15.4 Å². The molecule has 2 aromatic carbocycles. The van der Waals surface area contributed by atoms with Gasteiger partial charge in [0, 0.05) is 35.7 Å². The fraction of sp³-hybridized carbons (Fsp3) is 0.160. The van der Waals surface area contributed by atoms with Gasteiger partial charge in [0.05, 0.1) is 5.69 Å². The number of fused-ring (bicyclic) bond motifs is 1. The van der Waals surface area contributed by atoms with Crippen LogP contribution in [-0.2, 0) is 4.79 Å². The van der Waals surface area contributed by atoms with Gasteiger partial charge in [-0.1, -0.05) is 12.6 Å². The molecule has 0 atom stereocenters. The fourth-order valence-corrected chi connectivity index (χ4v) is 3.29. The van der Waals surface area contributed by atoms with E-state index in [2.05, 4.69) is 27.2 Å². The van der Waals surface area contributed by atoms with Gasteiger partial charge in [0.15, 0.2) is 0 Å².